The van der Waals surface area contributed by atoms with Crippen LogP contribution in [0.25, 0.3) is 54.9 Å². The van der Waals surface area contributed by atoms with Gasteiger partial charge in [0.2, 0.25) is 0 Å². The Morgan fingerprint density at radius 1 is 0.326 bits per heavy atom. The molecule has 0 aliphatic carbocycles. The van der Waals surface area contributed by atoms with E-state index < -0.39 is 0 Å². The van der Waals surface area contributed by atoms with Crippen LogP contribution in [0.5, 0.6) is 11.5 Å². The van der Waals surface area contributed by atoms with Crippen LogP contribution in [0.1, 0.15) is 0 Å². The van der Waals surface area contributed by atoms with Gasteiger partial charge in [-0.25, -0.2) is 0 Å². The summed E-state index contributed by atoms with van der Waals surface area (Å²) in [4.78, 5) is 2.33. The van der Waals surface area contributed by atoms with Crippen molar-refractivity contribution in [1.82, 2.24) is 0 Å². The number of anilines is 3. The standard InChI is InChI=1S/C44H29NO/c1-2-8-30(9-3-1)32-16-22-37(23-17-32)45(39-26-20-31-10-4-5-11-35(31)28-39)38-24-18-33(19-25-38)36-21-27-40-41-14-6-12-34-13-7-15-42(44(34)41)46-43(40)29-36/h1-29H. The minimum Gasteiger partial charge on any atom is -0.456 e. The Labute approximate surface area is 268 Å². The number of benzene rings is 8. The lowest BCUT2D eigenvalue weighted by Gasteiger charge is -2.26. The Hall–Kier alpha value is -6.12. The number of nitrogens with zero attached hydrogens (tertiary/aromatic N) is 1. The van der Waals surface area contributed by atoms with Crippen LogP contribution < -0.4 is 9.64 Å². The van der Waals surface area contributed by atoms with Crippen molar-refractivity contribution in [2.45, 2.75) is 0 Å². The van der Waals surface area contributed by atoms with E-state index in [0.717, 1.165) is 45.3 Å². The molecule has 9 rings (SSSR count). The van der Waals surface area contributed by atoms with Crippen LogP contribution in [0.15, 0.2) is 176 Å². The van der Waals surface area contributed by atoms with Crippen molar-refractivity contribution in [3.05, 3.63) is 176 Å². The number of hydrogen-bond acceptors (Lipinski definition) is 2. The zero-order valence-corrected chi connectivity index (χ0v) is 25.1. The molecule has 0 unspecified atom stereocenters. The van der Waals surface area contributed by atoms with Crippen LogP contribution in [-0.2, 0) is 0 Å². The van der Waals surface area contributed by atoms with Crippen molar-refractivity contribution in [3.8, 4) is 44.9 Å². The molecule has 2 heteroatoms. The highest BCUT2D eigenvalue weighted by molar-refractivity contribution is 6.04. The molecular weight excluding hydrogens is 558 g/mol. The third-order valence-electron chi connectivity index (χ3n) is 9.04. The SMILES string of the molecule is c1ccc(-c2ccc(N(c3ccc(-c4ccc5c(c4)Oc4cccc6cccc-5c46)cc3)c3ccc4ccccc4c3)cc2)cc1. The molecule has 0 spiro atoms. The molecule has 2 nitrogen and oxygen atoms in total. The summed E-state index contributed by atoms with van der Waals surface area (Å²) >= 11 is 0. The normalized spacial score (nSPS) is 11.7. The molecule has 0 amide bonds. The lowest BCUT2D eigenvalue weighted by Crippen LogP contribution is -2.09. The fourth-order valence-electron chi connectivity index (χ4n) is 6.74. The van der Waals surface area contributed by atoms with Crippen molar-refractivity contribution in [2.75, 3.05) is 4.90 Å². The maximum absolute atomic E-state index is 6.46. The highest BCUT2D eigenvalue weighted by Gasteiger charge is 2.20. The first-order valence-electron chi connectivity index (χ1n) is 15.7. The van der Waals surface area contributed by atoms with E-state index in [1.54, 1.807) is 0 Å². The predicted molar refractivity (Wildman–Crippen MR) is 193 cm³/mol. The number of hydrogen-bond donors (Lipinski definition) is 0. The summed E-state index contributed by atoms with van der Waals surface area (Å²) in [5.74, 6) is 1.81. The Morgan fingerprint density at radius 3 is 1.67 bits per heavy atom. The second-order valence-electron chi connectivity index (χ2n) is 11.8. The zero-order valence-electron chi connectivity index (χ0n) is 25.1. The van der Waals surface area contributed by atoms with Crippen molar-refractivity contribution >= 4 is 38.6 Å². The largest absolute Gasteiger partial charge is 0.456 e. The van der Waals surface area contributed by atoms with Gasteiger partial charge in [-0.1, -0.05) is 121 Å². The Balaban J connectivity index is 1.09. The second-order valence-corrected chi connectivity index (χ2v) is 11.8. The molecule has 216 valence electrons. The average molecular weight is 588 g/mol. The number of ether oxygens (including phenoxy) is 1. The lowest BCUT2D eigenvalue weighted by atomic mass is 9.93. The van der Waals surface area contributed by atoms with E-state index in [4.69, 9.17) is 4.74 Å². The Kier molecular flexibility index (Phi) is 6.17. The van der Waals surface area contributed by atoms with E-state index in [9.17, 15) is 0 Å². The fourth-order valence-corrected chi connectivity index (χ4v) is 6.74. The molecule has 8 aromatic carbocycles. The Bertz CT molecular complexity index is 2370. The molecule has 0 saturated carbocycles. The van der Waals surface area contributed by atoms with E-state index in [-0.39, 0.29) is 0 Å². The highest BCUT2D eigenvalue weighted by Crippen LogP contribution is 2.47. The van der Waals surface area contributed by atoms with Gasteiger partial charge >= 0.3 is 0 Å². The van der Waals surface area contributed by atoms with E-state index >= 15 is 0 Å². The molecule has 0 N–H and O–H groups in total. The zero-order chi connectivity index (χ0) is 30.5. The minimum atomic E-state index is 0.893. The van der Waals surface area contributed by atoms with Gasteiger partial charge in [0.05, 0.1) is 0 Å². The quantitative estimate of drug-likeness (QED) is 0.199. The van der Waals surface area contributed by atoms with Crippen LogP contribution in [-0.4, -0.2) is 0 Å². The smallest absolute Gasteiger partial charge is 0.135 e. The summed E-state index contributed by atoms with van der Waals surface area (Å²) in [5.41, 5.74) is 10.4. The lowest BCUT2D eigenvalue weighted by molar-refractivity contribution is 0.487. The highest BCUT2D eigenvalue weighted by atomic mass is 16.5. The third-order valence-corrected chi connectivity index (χ3v) is 9.04. The number of rotatable bonds is 5. The molecule has 0 atom stereocenters. The maximum atomic E-state index is 6.46. The molecule has 0 radical (unpaired) electrons. The van der Waals surface area contributed by atoms with Crippen molar-refractivity contribution in [3.63, 3.8) is 0 Å². The van der Waals surface area contributed by atoms with Gasteiger partial charge in [-0.15, -0.1) is 0 Å². The first-order valence-corrected chi connectivity index (χ1v) is 15.7. The molecule has 0 aromatic heterocycles. The molecule has 46 heavy (non-hydrogen) atoms. The minimum absolute atomic E-state index is 0.893. The molecule has 0 saturated heterocycles. The first-order chi connectivity index (χ1) is 22.8. The summed E-state index contributed by atoms with van der Waals surface area (Å²) < 4.78 is 6.46. The molecule has 1 aliphatic rings. The van der Waals surface area contributed by atoms with E-state index in [2.05, 4.69) is 181 Å². The molecule has 8 aromatic rings. The molecule has 0 bridgehead atoms. The van der Waals surface area contributed by atoms with Crippen molar-refractivity contribution in [2.24, 2.45) is 0 Å². The Morgan fingerprint density at radius 2 is 0.913 bits per heavy atom. The van der Waals surface area contributed by atoms with Gasteiger partial charge in [0.1, 0.15) is 11.5 Å². The third kappa shape index (κ3) is 4.51. The summed E-state index contributed by atoms with van der Waals surface area (Å²) in [6, 6.07) is 62.7. The van der Waals surface area contributed by atoms with E-state index in [1.165, 1.54) is 38.2 Å². The van der Waals surface area contributed by atoms with Crippen LogP contribution in [0.4, 0.5) is 17.1 Å². The van der Waals surface area contributed by atoms with Gasteiger partial charge < -0.3 is 9.64 Å². The number of fused-ring (bicyclic) bond motifs is 3. The summed E-state index contributed by atoms with van der Waals surface area (Å²) in [6.45, 7) is 0. The molecule has 0 fully saturated rings. The van der Waals surface area contributed by atoms with Crippen LogP contribution >= 0.6 is 0 Å². The van der Waals surface area contributed by atoms with Crippen molar-refractivity contribution < 1.29 is 4.74 Å². The van der Waals surface area contributed by atoms with Gasteiger partial charge in [0.25, 0.3) is 0 Å². The molecule has 1 heterocycles. The van der Waals surface area contributed by atoms with Crippen LogP contribution in [0, 0.1) is 0 Å². The topological polar surface area (TPSA) is 12.5 Å². The van der Waals surface area contributed by atoms with Crippen LogP contribution in [0.2, 0.25) is 0 Å². The maximum Gasteiger partial charge on any atom is 0.135 e. The average Bonchev–Trinajstić information content (AvgIpc) is 3.13. The first kappa shape index (κ1) is 26.3. The summed E-state index contributed by atoms with van der Waals surface area (Å²) in [7, 11) is 0. The van der Waals surface area contributed by atoms with Gasteiger partial charge in [-0.2, -0.15) is 0 Å². The molecular formula is C44H29NO. The van der Waals surface area contributed by atoms with Crippen LogP contribution in [0.3, 0.4) is 0 Å². The van der Waals surface area contributed by atoms with E-state index in [1.807, 2.05) is 0 Å². The monoisotopic (exact) mass is 587 g/mol. The van der Waals surface area contributed by atoms with Gasteiger partial charge in [0.15, 0.2) is 0 Å². The second kappa shape index (κ2) is 10.8. The predicted octanol–water partition coefficient (Wildman–Crippen LogP) is 12.6. The van der Waals surface area contributed by atoms with Gasteiger partial charge in [0, 0.05) is 28.0 Å². The van der Waals surface area contributed by atoms with Crippen molar-refractivity contribution in [1.29, 1.82) is 0 Å². The molecule has 1 aliphatic heterocycles. The van der Waals surface area contributed by atoms with Gasteiger partial charge in [-0.05, 0) is 98.6 Å². The summed E-state index contributed by atoms with van der Waals surface area (Å²) in [5, 5.41) is 4.83. The fraction of sp³-hybridized carbons (Fsp3) is 0. The van der Waals surface area contributed by atoms with Gasteiger partial charge in [-0.3, -0.25) is 0 Å². The summed E-state index contributed by atoms with van der Waals surface area (Å²) in [6.07, 6.45) is 0. The van der Waals surface area contributed by atoms with E-state index in [0.29, 0.717) is 0 Å².